The van der Waals surface area contributed by atoms with Crippen LogP contribution in [0.2, 0.25) is 0 Å². The highest BCUT2D eigenvalue weighted by Gasteiger charge is 1.97. The fraction of sp³-hybridized carbons (Fsp3) is 0.125. The predicted octanol–water partition coefficient (Wildman–Crippen LogP) is 2.31. The summed E-state index contributed by atoms with van der Waals surface area (Å²) in [5, 5.41) is 5.15. The molecule has 2 heterocycles. The van der Waals surface area contributed by atoms with Gasteiger partial charge in [-0.05, 0) is 15.9 Å². The van der Waals surface area contributed by atoms with Crippen LogP contribution < -0.4 is 5.32 Å². The summed E-state index contributed by atoms with van der Waals surface area (Å²) in [4.78, 5) is 12.2. The van der Waals surface area contributed by atoms with Crippen molar-refractivity contribution in [3.05, 3.63) is 33.6 Å². The van der Waals surface area contributed by atoms with Gasteiger partial charge >= 0.3 is 0 Å². The van der Waals surface area contributed by atoms with E-state index in [1.54, 1.807) is 11.3 Å². The standard InChI is InChI=1S/C8H7BrN4S/c9-7-1-8(12-4-11-7)10-2-6-3-14-5-13-6/h1,3-5H,2H2,(H,10,11,12). The van der Waals surface area contributed by atoms with Gasteiger partial charge in [-0.1, -0.05) is 0 Å². The maximum atomic E-state index is 4.15. The number of thiazole rings is 1. The summed E-state index contributed by atoms with van der Waals surface area (Å²) in [5.41, 5.74) is 2.83. The monoisotopic (exact) mass is 270 g/mol. The summed E-state index contributed by atoms with van der Waals surface area (Å²) >= 11 is 4.86. The van der Waals surface area contributed by atoms with Crippen molar-refractivity contribution in [2.45, 2.75) is 6.54 Å². The number of nitrogens with zero attached hydrogens (tertiary/aromatic N) is 3. The number of anilines is 1. The van der Waals surface area contributed by atoms with Crippen molar-refractivity contribution in [3.63, 3.8) is 0 Å². The Morgan fingerprint density at radius 2 is 2.29 bits per heavy atom. The summed E-state index contributed by atoms with van der Waals surface area (Å²) < 4.78 is 0.772. The van der Waals surface area contributed by atoms with E-state index < -0.39 is 0 Å². The second kappa shape index (κ2) is 4.47. The molecular weight excluding hydrogens is 264 g/mol. The zero-order chi connectivity index (χ0) is 9.80. The summed E-state index contributed by atoms with van der Waals surface area (Å²) in [7, 11) is 0. The van der Waals surface area contributed by atoms with Crippen molar-refractivity contribution in [2.75, 3.05) is 5.32 Å². The number of hydrogen-bond acceptors (Lipinski definition) is 5. The van der Waals surface area contributed by atoms with Crippen LogP contribution in [-0.4, -0.2) is 15.0 Å². The average molecular weight is 271 g/mol. The Hall–Kier alpha value is -1.01. The summed E-state index contributed by atoms with van der Waals surface area (Å²) in [5.74, 6) is 0.792. The fourth-order valence-electron chi connectivity index (χ4n) is 0.936. The highest BCUT2D eigenvalue weighted by molar-refractivity contribution is 9.10. The number of halogens is 1. The number of aromatic nitrogens is 3. The first-order valence-corrected chi connectivity index (χ1v) is 5.66. The topological polar surface area (TPSA) is 50.7 Å². The minimum atomic E-state index is 0.687. The normalized spacial score (nSPS) is 10.1. The Morgan fingerprint density at radius 3 is 3.00 bits per heavy atom. The van der Waals surface area contributed by atoms with Crippen molar-refractivity contribution < 1.29 is 0 Å². The number of hydrogen-bond donors (Lipinski definition) is 1. The van der Waals surface area contributed by atoms with Crippen LogP contribution in [-0.2, 0) is 6.54 Å². The van der Waals surface area contributed by atoms with Crippen LogP contribution in [0.25, 0.3) is 0 Å². The highest BCUT2D eigenvalue weighted by Crippen LogP contribution is 2.10. The molecular formula is C8H7BrN4S. The van der Waals surface area contributed by atoms with E-state index >= 15 is 0 Å². The van der Waals surface area contributed by atoms with E-state index in [-0.39, 0.29) is 0 Å². The van der Waals surface area contributed by atoms with Crippen LogP contribution >= 0.6 is 27.3 Å². The Labute approximate surface area is 93.6 Å². The van der Waals surface area contributed by atoms with Crippen molar-refractivity contribution in [3.8, 4) is 0 Å². The van der Waals surface area contributed by atoms with Gasteiger partial charge < -0.3 is 5.32 Å². The van der Waals surface area contributed by atoms with Crippen molar-refractivity contribution in [1.82, 2.24) is 15.0 Å². The van der Waals surface area contributed by atoms with Crippen molar-refractivity contribution in [1.29, 1.82) is 0 Å². The Balaban J connectivity index is 1.98. The largest absolute Gasteiger partial charge is 0.364 e. The van der Waals surface area contributed by atoms with Gasteiger partial charge in [0.2, 0.25) is 0 Å². The maximum Gasteiger partial charge on any atom is 0.130 e. The molecule has 0 radical (unpaired) electrons. The van der Waals surface area contributed by atoms with Gasteiger partial charge in [-0.25, -0.2) is 15.0 Å². The quantitative estimate of drug-likeness (QED) is 0.870. The smallest absolute Gasteiger partial charge is 0.130 e. The lowest BCUT2D eigenvalue weighted by Gasteiger charge is -2.02. The molecule has 4 nitrogen and oxygen atoms in total. The summed E-state index contributed by atoms with van der Waals surface area (Å²) in [6, 6.07) is 1.83. The van der Waals surface area contributed by atoms with Gasteiger partial charge in [0, 0.05) is 11.4 Å². The second-order valence-corrected chi connectivity index (χ2v) is 4.09. The zero-order valence-corrected chi connectivity index (χ0v) is 9.55. The first-order chi connectivity index (χ1) is 6.84. The van der Waals surface area contributed by atoms with Crippen LogP contribution in [0.15, 0.2) is 27.9 Å². The van der Waals surface area contributed by atoms with Crippen LogP contribution in [0, 0.1) is 0 Å². The third-order valence-corrected chi connectivity index (χ3v) is 2.64. The molecule has 0 saturated carbocycles. The average Bonchev–Trinajstić information content (AvgIpc) is 2.67. The third kappa shape index (κ3) is 2.49. The van der Waals surface area contributed by atoms with Crippen LogP contribution in [0.4, 0.5) is 5.82 Å². The number of nitrogens with one attached hydrogen (secondary N) is 1. The molecule has 0 fully saturated rings. The molecule has 0 aliphatic rings. The van der Waals surface area contributed by atoms with Crippen molar-refractivity contribution in [2.24, 2.45) is 0 Å². The molecule has 2 aromatic heterocycles. The van der Waals surface area contributed by atoms with Gasteiger partial charge in [-0.2, -0.15) is 0 Å². The van der Waals surface area contributed by atoms with Gasteiger partial charge in [0.05, 0.1) is 17.7 Å². The molecule has 6 heteroatoms. The molecule has 0 saturated heterocycles. The fourth-order valence-corrected chi connectivity index (χ4v) is 1.80. The lowest BCUT2D eigenvalue weighted by Crippen LogP contribution is -2.01. The molecule has 72 valence electrons. The molecule has 2 aromatic rings. The lowest BCUT2D eigenvalue weighted by atomic mass is 10.4. The van der Waals surface area contributed by atoms with Gasteiger partial charge in [0.15, 0.2) is 0 Å². The Kier molecular flexibility index (Phi) is 3.05. The highest BCUT2D eigenvalue weighted by atomic mass is 79.9. The SMILES string of the molecule is Brc1cc(NCc2cscn2)ncn1. The molecule has 0 spiro atoms. The van der Waals surface area contributed by atoms with Gasteiger partial charge in [0.1, 0.15) is 16.7 Å². The second-order valence-electron chi connectivity index (χ2n) is 2.56. The van der Waals surface area contributed by atoms with E-state index in [0.29, 0.717) is 6.54 Å². The Bertz CT molecular complexity index is 403. The predicted molar refractivity (Wildman–Crippen MR) is 59.2 cm³/mol. The van der Waals surface area contributed by atoms with Gasteiger partial charge in [0.25, 0.3) is 0 Å². The minimum Gasteiger partial charge on any atom is -0.364 e. The van der Waals surface area contributed by atoms with Crippen LogP contribution in [0.5, 0.6) is 0 Å². The number of rotatable bonds is 3. The molecule has 1 N–H and O–H groups in total. The molecule has 0 amide bonds. The van der Waals surface area contributed by atoms with Crippen LogP contribution in [0.1, 0.15) is 5.69 Å². The van der Waals surface area contributed by atoms with Crippen LogP contribution in [0.3, 0.4) is 0 Å². The summed E-state index contributed by atoms with van der Waals surface area (Å²) in [6.07, 6.45) is 1.51. The molecule has 0 bridgehead atoms. The summed E-state index contributed by atoms with van der Waals surface area (Å²) in [6.45, 7) is 0.687. The molecule has 0 aliphatic heterocycles. The lowest BCUT2D eigenvalue weighted by molar-refractivity contribution is 1.03. The zero-order valence-electron chi connectivity index (χ0n) is 7.14. The third-order valence-electron chi connectivity index (χ3n) is 1.57. The Morgan fingerprint density at radius 1 is 1.36 bits per heavy atom. The van der Waals surface area contributed by atoms with E-state index in [1.807, 2.05) is 17.0 Å². The molecule has 0 aliphatic carbocycles. The van der Waals surface area contributed by atoms with Crippen molar-refractivity contribution >= 4 is 33.1 Å². The molecule has 0 aromatic carbocycles. The van der Waals surface area contributed by atoms with E-state index in [4.69, 9.17) is 0 Å². The maximum absolute atomic E-state index is 4.15. The molecule has 0 atom stereocenters. The first kappa shape index (κ1) is 9.54. The molecule has 0 unspecified atom stereocenters. The van der Waals surface area contributed by atoms with E-state index in [2.05, 4.69) is 36.2 Å². The molecule has 2 rings (SSSR count). The minimum absolute atomic E-state index is 0.687. The van der Waals surface area contributed by atoms with E-state index in [1.165, 1.54) is 6.33 Å². The van der Waals surface area contributed by atoms with E-state index in [0.717, 1.165) is 16.1 Å². The van der Waals surface area contributed by atoms with Gasteiger partial charge in [-0.15, -0.1) is 11.3 Å². The molecule has 14 heavy (non-hydrogen) atoms. The first-order valence-electron chi connectivity index (χ1n) is 3.93. The van der Waals surface area contributed by atoms with Gasteiger partial charge in [-0.3, -0.25) is 0 Å². The van der Waals surface area contributed by atoms with E-state index in [9.17, 15) is 0 Å².